The maximum atomic E-state index is 12.9. The lowest BCUT2D eigenvalue weighted by Gasteiger charge is -2.21. The summed E-state index contributed by atoms with van der Waals surface area (Å²) < 4.78 is 44.2. The summed E-state index contributed by atoms with van der Waals surface area (Å²) in [6.45, 7) is 6.05. The second-order valence-electron chi connectivity index (χ2n) is 11.1. The molecule has 0 heterocycles. The molecule has 1 N–H and O–H groups in total. The van der Waals surface area contributed by atoms with Crippen molar-refractivity contribution in [2.75, 3.05) is 6.61 Å². The third-order valence-electron chi connectivity index (χ3n) is 7.15. The molecule has 0 saturated carbocycles. The van der Waals surface area contributed by atoms with Crippen LogP contribution in [0.2, 0.25) is 0 Å². The second-order valence-corrected chi connectivity index (χ2v) is 11.1. The van der Waals surface area contributed by atoms with Gasteiger partial charge in [0.15, 0.2) is 0 Å². The van der Waals surface area contributed by atoms with Gasteiger partial charge < -0.3 is 10.1 Å². The molecule has 1 aromatic carbocycles. The van der Waals surface area contributed by atoms with Gasteiger partial charge in [0.25, 0.3) is 5.91 Å². The van der Waals surface area contributed by atoms with Crippen molar-refractivity contribution in [3.63, 3.8) is 0 Å². The molecule has 0 aliphatic heterocycles. The number of alkyl halides is 3. The van der Waals surface area contributed by atoms with Gasteiger partial charge in [0, 0.05) is 5.56 Å². The Morgan fingerprint density at radius 1 is 0.769 bits per heavy atom. The molecule has 7 heteroatoms. The summed E-state index contributed by atoms with van der Waals surface area (Å²) in [5.74, 6) is -1.54. The van der Waals surface area contributed by atoms with Gasteiger partial charge in [-0.05, 0) is 30.5 Å². The zero-order chi connectivity index (χ0) is 28.9. The van der Waals surface area contributed by atoms with Gasteiger partial charge in [-0.15, -0.1) is 0 Å². The molecule has 1 amide bonds. The number of ether oxygens (including phenoxy) is 1. The third-order valence-corrected chi connectivity index (χ3v) is 7.15. The van der Waals surface area contributed by atoms with Crippen LogP contribution in [0.15, 0.2) is 24.3 Å². The number of carbonyl (C=O) groups excluding carboxylic acids is 2. The van der Waals surface area contributed by atoms with E-state index in [1.165, 1.54) is 102 Å². The fourth-order valence-corrected chi connectivity index (χ4v) is 4.65. The minimum Gasteiger partial charge on any atom is -0.464 e. The highest BCUT2D eigenvalue weighted by atomic mass is 19.4. The molecule has 0 saturated heterocycles. The molecule has 1 rings (SSSR count). The monoisotopic (exact) mass is 555 g/mol. The van der Waals surface area contributed by atoms with Gasteiger partial charge in [-0.3, -0.25) is 4.79 Å². The third kappa shape index (κ3) is 16.6. The minimum atomic E-state index is -4.54. The molecule has 0 bridgehead atoms. The molecule has 0 radical (unpaired) electrons. The average molecular weight is 556 g/mol. The average Bonchev–Trinajstić information content (AvgIpc) is 2.90. The molecular weight excluding hydrogens is 503 g/mol. The summed E-state index contributed by atoms with van der Waals surface area (Å²) in [7, 11) is 0. The Morgan fingerprint density at radius 2 is 1.23 bits per heavy atom. The smallest absolute Gasteiger partial charge is 0.416 e. The highest BCUT2D eigenvalue weighted by Crippen LogP contribution is 2.29. The summed E-state index contributed by atoms with van der Waals surface area (Å²) in [6.07, 6.45) is 17.1. The Labute approximate surface area is 234 Å². The van der Waals surface area contributed by atoms with Crippen molar-refractivity contribution in [1.82, 2.24) is 5.32 Å². The molecule has 0 aromatic heterocycles. The number of unbranched alkanes of at least 4 members (excludes halogenated alkanes) is 16. The first-order chi connectivity index (χ1) is 18.7. The number of esters is 1. The number of rotatable bonds is 22. The number of nitrogens with one attached hydrogen (secondary N) is 1. The quantitative estimate of drug-likeness (QED) is 0.114. The van der Waals surface area contributed by atoms with Crippen LogP contribution in [0, 0.1) is 5.92 Å². The van der Waals surface area contributed by atoms with Crippen LogP contribution in [0.5, 0.6) is 0 Å². The van der Waals surface area contributed by atoms with Crippen molar-refractivity contribution in [3.05, 3.63) is 35.4 Å². The van der Waals surface area contributed by atoms with E-state index in [4.69, 9.17) is 4.74 Å². The fraction of sp³-hybridized carbons (Fsp3) is 0.750. The summed E-state index contributed by atoms with van der Waals surface area (Å²) in [5.41, 5.74) is -1.05. The van der Waals surface area contributed by atoms with Crippen LogP contribution in [-0.2, 0) is 15.7 Å². The van der Waals surface area contributed by atoms with Crippen LogP contribution < -0.4 is 5.32 Å². The van der Waals surface area contributed by atoms with Crippen LogP contribution in [-0.4, -0.2) is 24.5 Å². The van der Waals surface area contributed by atoms with E-state index in [2.05, 4.69) is 12.2 Å². The van der Waals surface area contributed by atoms with Crippen molar-refractivity contribution in [1.29, 1.82) is 0 Å². The number of benzene rings is 1. The van der Waals surface area contributed by atoms with Crippen molar-refractivity contribution >= 4 is 11.9 Å². The first kappa shape index (κ1) is 35.0. The lowest BCUT2D eigenvalue weighted by atomic mass is 10.0. The summed E-state index contributed by atoms with van der Waals surface area (Å²) in [4.78, 5) is 25.0. The molecule has 4 nitrogen and oxygen atoms in total. The van der Waals surface area contributed by atoms with Crippen LogP contribution in [0.3, 0.4) is 0 Å². The van der Waals surface area contributed by atoms with Crippen molar-refractivity contribution < 1.29 is 27.5 Å². The lowest BCUT2D eigenvalue weighted by Crippen LogP contribution is -2.45. The van der Waals surface area contributed by atoms with E-state index >= 15 is 0 Å². The van der Waals surface area contributed by atoms with E-state index in [1.54, 1.807) is 13.8 Å². The largest absolute Gasteiger partial charge is 0.464 e. The van der Waals surface area contributed by atoms with Crippen molar-refractivity contribution in [3.8, 4) is 0 Å². The number of carbonyl (C=O) groups is 2. The molecule has 0 aliphatic rings. The Kier molecular flexibility index (Phi) is 18.7. The number of hydrogen-bond acceptors (Lipinski definition) is 3. The zero-order valence-electron chi connectivity index (χ0n) is 24.6. The van der Waals surface area contributed by atoms with E-state index in [1.807, 2.05) is 0 Å². The number of amides is 1. The maximum Gasteiger partial charge on any atom is 0.416 e. The van der Waals surface area contributed by atoms with E-state index in [9.17, 15) is 22.8 Å². The predicted octanol–water partition coefficient (Wildman–Crippen LogP) is 9.65. The van der Waals surface area contributed by atoms with Crippen LogP contribution in [0.1, 0.15) is 146 Å². The SMILES string of the molecule is CCCCCCCCCCCCCCCCCCCOC(=O)C(NC(=O)c1cccc(C(F)(F)F)c1)C(C)C. The van der Waals surface area contributed by atoms with Gasteiger partial charge in [0.05, 0.1) is 12.2 Å². The molecular formula is C32H52F3NO3. The van der Waals surface area contributed by atoms with Crippen LogP contribution in [0.25, 0.3) is 0 Å². The molecule has 1 atom stereocenters. The van der Waals surface area contributed by atoms with Crippen molar-refractivity contribution in [2.45, 2.75) is 142 Å². The van der Waals surface area contributed by atoms with Crippen LogP contribution in [0.4, 0.5) is 13.2 Å². The maximum absolute atomic E-state index is 12.9. The fourth-order valence-electron chi connectivity index (χ4n) is 4.65. The Morgan fingerprint density at radius 3 is 1.67 bits per heavy atom. The standard InChI is InChI=1S/C32H52F3NO3/c1-4-5-6-7-8-9-10-11-12-13-14-15-16-17-18-19-20-24-39-31(38)29(26(2)3)36-30(37)27-22-21-23-28(25-27)32(33,34)35/h21-23,25-26,29H,4-20,24H2,1-3H3,(H,36,37). The molecule has 39 heavy (non-hydrogen) atoms. The molecule has 0 fully saturated rings. The minimum absolute atomic E-state index is 0.142. The van der Waals surface area contributed by atoms with Crippen molar-refractivity contribution in [2.24, 2.45) is 5.92 Å². The van der Waals surface area contributed by atoms with Crippen LogP contribution >= 0.6 is 0 Å². The molecule has 0 aliphatic carbocycles. The lowest BCUT2D eigenvalue weighted by molar-refractivity contribution is -0.147. The van der Waals surface area contributed by atoms with E-state index in [-0.39, 0.29) is 18.1 Å². The number of hydrogen-bond donors (Lipinski definition) is 1. The van der Waals surface area contributed by atoms with Gasteiger partial charge in [-0.1, -0.05) is 130 Å². The Bertz CT molecular complexity index is 795. The summed E-state index contributed by atoms with van der Waals surface area (Å²) in [6, 6.07) is 3.25. The Balaban J connectivity index is 2.11. The highest BCUT2D eigenvalue weighted by Gasteiger charge is 2.32. The summed E-state index contributed by atoms with van der Waals surface area (Å²) >= 11 is 0. The molecule has 0 spiro atoms. The highest BCUT2D eigenvalue weighted by molar-refractivity contribution is 5.97. The first-order valence-corrected chi connectivity index (χ1v) is 15.3. The topological polar surface area (TPSA) is 55.4 Å². The van der Waals surface area contributed by atoms with E-state index in [0.29, 0.717) is 0 Å². The molecule has 1 unspecified atom stereocenters. The van der Waals surface area contributed by atoms with E-state index in [0.717, 1.165) is 31.4 Å². The predicted molar refractivity (Wildman–Crippen MR) is 153 cm³/mol. The van der Waals surface area contributed by atoms with Gasteiger partial charge in [-0.25, -0.2) is 4.79 Å². The molecule has 224 valence electrons. The normalized spacial score (nSPS) is 12.5. The zero-order valence-corrected chi connectivity index (χ0v) is 24.6. The number of halogens is 3. The molecule has 1 aromatic rings. The van der Waals surface area contributed by atoms with Gasteiger partial charge >= 0.3 is 12.1 Å². The summed E-state index contributed by atoms with van der Waals surface area (Å²) in [5, 5.41) is 2.54. The van der Waals surface area contributed by atoms with Gasteiger partial charge in [-0.2, -0.15) is 13.2 Å². The Hall–Kier alpha value is -2.05. The van der Waals surface area contributed by atoms with Gasteiger partial charge in [0.2, 0.25) is 0 Å². The van der Waals surface area contributed by atoms with Gasteiger partial charge in [0.1, 0.15) is 6.04 Å². The second kappa shape index (κ2) is 20.8. The first-order valence-electron chi connectivity index (χ1n) is 15.3. The van der Waals surface area contributed by atoms with E-state index < -0.39 is 29.7 Å².